The van der Waals surface area contributed by atoms with Crippen LogP contribution in [-0.4, -0.2) is 33.8 Å². The minimum Gasteiger partial charge on any atom is -0.507 e. The summed E-state index contributed by atoms with van der Waals surface area (Å²) in [6.07, 6.45) is 14.2. The van der Waals surface area contributed by atoms with E-state index in [1.807, 2.05) is 6.92 Å². The number of carbonyl (C=O) groups is 4. The Morgan fingerprint density at radius 1 is 0.521 bits per heavy atom. The number of amides is 4. The summed E-state index contributed by atoms with van der Waals surface area (Å²) < 4.78 is 0. The first-order chi connectivity index (χ1) is 23.1. The number of rotatable bonds is 21. The lowest BCUT2D eigenvalue weighted by molar-refractivity contribution is -0.146. The first kappa shape index (κ1) is 40.1. The maximum atomic E-state index is 13.8. The Morgan fingerprint density at radius 3 is 1.33 bits per heavy atom. The first-order valence-corrected chi connectivity index (χ1v) is 18.0. The maximum absolute atomic E-state index is 13.8. The summed E-state index contributed by atoms with van der Waals surface area (Å²) in [7, 11) is 0. The van der Waals surface area contributed by atoms with Crippen molar-refractivity contribution in [2.24, 2.45) is 5.41 Å². The van der Waals surface area contributed by atoms with Crippen LogP contribution in [0.4, 0.5) is 0 Å². The zero-order valence-corrected chi connectivity index (χ0v) is 29.5. The van der Waals surface area contributed by atoms with E-state index in [0.717, 1.165) is 94.6 Å². The van der Waals surface area contributed by atoms with Crippen molar-refractivity contribution in [3.8, 4) is 11.5 Å². The highest BCUT2D eigenvalue weighted by molar-refractivity contribution is 6.07. The molecule has 10 nitrogen and oxygen atoms in total. The van der Waals surface area contributed by atoms with E-state index in [1.165, 1.54) is 12.1 Å². The molecule has 6 N–H and O–H groups in total. The van der Waals surface area contributed by atoms with E-state index in [1.54, 1.807) is 24.3 Å². The molecule has 2 aromatic carbocycles. The van der Waals surface area contributed by atoms with Crippen molar-refractivity contribution in [2.45, 2.75) is 137 Å². The zero-order valence-electron chi connectivity index (χ0n) is 29.5. The molecule has 0 radical (unpaired) electrons. The van der Waals surface area contributed by atoms with Crippen LogP contribution in [0.25, 0.3) is 0 Å². The molecule has 0 bridgehead atoms. The average Bonchev–Trinajstić information content (AvgIpc) is 3.08. The molecule has 4 amide bonds. The summed E-state index contributed by atoms with van der Waals surface area (Å²) in [5.74, 6) is -3.27. The van der Waals surface area contributed by atoms with Gasteiger partial charge in [-0.15, -0.1) is 0 Å². The molecule has 0 aliphatic carbocycles. The molecule has 0 unspecified atom stereocenters. The molecular formula is C38H58N4O6. The fourth-order valence-electron chi connectivity index (χ4n) is 5.92. The van der Waals surface area contributed by atoms with Gasteiger partial charge >= 0.3 is 0 Å². The number of carbonyl (C=O) groups excluding carboxylic acids is 4. The third kappa shape index (κ3) is 12.5. The van der Waals surface area contributed by atoms with Crippen molar-refractivity contribution >= 4 is 23.6 Å². The first-order valence-electron chi connectivity index (χ1n) is 18.0. The highest BCUT2D eigenvalue weighted by Gasteiger charge is 2.45. The van der Waals surface area contributed by atoms with Crippen LogP contribution in [0.2, 0.25) is 0 Å². The molecule has 0 aliphatic heterocycles. The summed E-state index contributed by atoms with van der Waals surface area (Å²) in [6, 6.07) is 9.73. The molecule has 0 saturated carbocycles. The molecular weight excluding hydrogens is 608 g/mol. The van der Waals surface area contributed by atoms with Gasteiger partial charge in [-0.2, -0.15) is 0 Å². The molecule has 266 valence electrons. The van der Waals surface area contributed by atoms with E-state index >= 15 is 0 Å². The van der Waals surface area contributed by atoms with Crippen LogP contribution in [0.1, 0.15) is 156 Å². The van der Waals surface area contributed by atoms with Gasteiger partial charge < -0.3 is 10.2 Å². The van der Waals surface area contributed by atoms with Crippen molar-refractivity contribution in [3.63, 3.8) is 0 Å². The molecule has 0 aliphatic rings. The largest absolute Gasteiger partial charge is 0.507 e. The molecule has 2 rings (SSSR count). The van der Waals surface area contributed by atoms with Crippen LogP contribution in [0.15, 0.2) is 36.4 Å². The van der Waals surface area contributed by atoms with Crippen LogP contribution in [0, 0.1) is 5.41 Å². The smallest absolute Gasteiger partial charge is 0.273 e. The number of benzene rings is 2. The lowest BCUT2D eigenvalue weighted by Gasteiger charge is -2.31. The van der Waals surface area contributed by atoms with E-state index in [9.17, 15) is 29.4 Å². The van der Waals surface area contributed by atoms with Gasteiger partial charge in [0.25, 0.3) is 23.6 Å². The second-order valence-corrected chi connectivity index (χ2v) is 12.8. The Morgan fingerprint density at radius 2 is 0.938 bits per heavy atom. The number of aryl methyl sites for hydroxylation is 2. The van der Waals surface area contributed by atoms with Crippen LogP contribution < -0.4 is 21.7 Å². The number of phenols is 2. The van der Waals surface area contributed by atoms with Gasteiger partial charge in [0.1, 0.15) is 16.9 Å². The quantitative estimate of drug-likeness (QED) is 0.0466. The average molecular weight is 667 g/mol. The Hall–Kier alpha value is -4.08. The number of unbranched alkanes of at least 4 members (excludes halogenated alkanes) is 9. The molecule has 0 saturated heterocycles. The van der Waals surface area contributed by atoms with Crippen LogP contribution in [0.3, 0.4) is 0 Å². The minimum absolute atomic E-state index is 0.0245. The second-order valence-electron chi connectivity index (χ2n) is 12.8. The number of phenolic OH excluding ortho intramolecular Hbond substituents is 2. The summed E-state index contributed by atoms with van der Waals surface area (Å²) in [6.45, 7) is 8.19. The maximum Gasteiger partial charge on any atom is 0.273 e. The molecule has 0 spiro atoms. The fourth-order valence-corrected chi connectivity index (χ4v) is 5.92. The van der Waals surface area contributed by atoms with Gasteiger partial charge in [-0.1, -0.05) is 110 Å². The second kappa shape index (κ2) is 21.7. The predicted molar refractivity (Wildman–Crippen MR) is 189 cm³/mol. The molecule has 0 fully saturated rings. The summed E-state index contributed by atoms with van der Waals surface area (Å²) >= 11 is 0. The van der Waals surface area contributed by atoms with Crippen molar-refractivity contribution in [1.82, 2.24) is 21.7 Å². The summed E-state index contributed by atoms with van der Waals surface area (Å²) in [5.41, 5.74) is 9.91. The van der Waals surface area contributed by atoms with Crippen LogP contribution >= 0.6 is 0 Å². The Balaban J connectivity index is 2.19. The van der Waals surface area contributed by atoms with Crippen molar-refractivity contribution < 1.29 is 29.4 Å². The lowest BCUT2D eigenvalue weighted by Crippen LogP contribution is -2.58. The number of nitrogens with one attached hydrogen (secondary N) is 4. The normalized spacial score (nSPS) is 11.2. The topological polar surface area (TPSA) is 157 Å². The Labute approximate surface area is 286 Å². The summed E-state index contributed by atoms with van der Waals surface area (Å²) in [5, 5.41) is 20.8. The highest BCUT2D eigenvalue weighted by atomic mass is 16.3. The molecule has 10 heteroatoms. The Bertz CT molecular complexity index is 1240. The molecule has 0 heterocycles. The highest BCUT2D eigenvalue weighted by Crippen LogP contribution is 2.32. The third-order valence-corrected chi connectivity index (χ3v) is 8.83. The Kier molecular flexibility index (Phi) is 18.1. The van der Waals surface area contributed by atoms with Gasteiger partial charge in [-0.05, 0) is 73.9 Å². The number of hydrazine groups is 2. The zero-order chi connectivity index (χ0) is 35.4. The van der Waals surface area contributed by atoms with Gasteiger partial charge in [0.05, 0.1) is 11.1 Å². The number of hydrogen-bond acceptors (Lipinski definition) is 6. The minimum atomic E-state index is -1.60. The number of hydrogen-bond donors (Lipinski definition) is 6. The molecule has 48 heavy (non-hydrogen) atoms. The van der Waals surface area contributed by atoms with Crippen molar-refractivity contribution in [2.75, 3.05) is 0 Å². The lowest BCUT2D eigenvalue weighted by atomic mass is 9.77. The SMILES string of the molecule is CCCCCCc1ccc(O)c(C(=O)NNC(=O)C(CCC)(CCCCCC)C(=O)NNC(=O)c2cc(CCCCCC)ccc2O)c1. The van der Waals surface area contributed by atoms with Gasteiger partial charge in [-0.25, -0.2) is 0 Å². The molecule has 2 aromatic rings. The van der Waals surface area contributed by atoms with E-state index in [2.05, 4.69) is 42.5 Å². The number of aromatic hydroxyl groups is 2. The third-order valence-electron chi connectivity index (χ3n) is 8.83. The van der Waals surface area contributed by atoms with E-state index < -0.39 is 29.0 Å². The molecule has 0 atom stereocenters. The van der Waals surface area contributed by atoms with Crippen LogP contribution in [-0.2, 0) is 22.4 Å². The van der Waals surface area contributed by atoms with Crippen molar-refractivity contribution in [3.05, 3.63) is 58.7 Å². The summed E-state index contributed by atoms with van der Waals surface area (Å²) in [4.78, 5) is 53.8. The van der Waals surface area contributed by atoms with Gasteiger partial charge in [0, 0.05) is 0 Å². The van der Waals surface area contributed by atoms with E-state index in [4.69, 9.17) is 0 Å². The molecule has 0 aromatic heterocycles. The van der Waals surface area contributed by atoms with Crippen molar-refractivity contribution in [1.29, 1.82) is 0 Å². The van der Waals surface area contributed by atoms with Gasteiger partial charge in [-0.3, -0.25) is 40.9 Å². The predicted octanol–water partition coefficient (Wildman–Crippen LogP) is 7.32. The van der Waals surface area contributed by atoms with E-state index in [-0.39, 0.29) is 35.5 Å². The van der Waals surface area contributed by atoms with Gasteiger partial charge in [0.2, 0.25) is 0 Å². The van der Waals surface area contributed by atoms with Crippen LogP contribution in [0.5, 0.6) is 11.5 Å². The van der Waals surface area contributed by atoms with Gasteiger partial charge in [0.15, 0.2) is 0 Å². The standard InChI is InChI=1S/C38H58N4O6/c1-5-9-12-15-18-28-20-22-32(43)30(26-28)34(45)39-41-36(47)38(24-8-4,25-17-14-11-7-3)37(48)42-40-35(46)31-27-29(21-23-33(31)44)19-16-13-10-6-2/h20-23,26-27,43-44H,5-19,24-25H2,1-4H3,(H,39,45)(H,40,46)(H,41,47)(H,42,48). The van der Waals surface area contributed by atoms with E-state index in [0.29, 0.717) is 12.8 Å². The monoisotopic (exact) mass is 666 g/mol. The fraction of sp³-hybridized carbons (Fsp3) is 0.579.